The first-order chi connectivity index (χ1) is 8.08. The smallest absolute Gasteiger partial charge is 0.307 e. The number of hydrogen-bond acceptors (Lipinski definition) is 5. The molecule has 0 aliphatic carbocycles. The molecule has 1 atom stereocenters. The van der Waals surface area contributed by atoms with Gasteiger partial charge in [0, 0.05) is 20.4 Å². The highest BCUT2D eigenvalue weighted by molar-refractivity contribution is 5.69. The van der Waals surface area contributed by atoms with E-state index in [1.165, 1.54) is 13.8 Å². The first-order valence-electron chi connectivity index (χ1n) is 5.13. The monoisotopic (exact) mass is 236 g/mol. The van der Waals surface area contributed by atoms with Crippen LogP contribution in [-0.2, 0) is 25.6 Å². The maximum atomic E-state index is 11.1. The minimum Gasteiger partial charge on any atom is -0.448 e. The highest BCUT2D eigenvalue weighted by Crippen LogP contribution is 2.30. The van der Waals surface area contributed by atoms with Gasteiger partial charge in [-0.2, -0.15) is 0 Å². The Morgan fingerprint density at radius 3 is 2.82 bits per heavy atom. The number of carbonyl (C=O) groups excluding carboxylic acids is 2. The Balaban J connectivity index is 2.30. The van der Waals surface area contributed by atoms with Gasteiger partial charge in [-0.1, -0.05) is 0 Å². The number of fused-ring (bicyclic) bond motifs is 1. The lowest BCUT2D eigenvalue weighted by atomic mass is 10.1. The maximum Gasteiger partial charge on any atom is 0.307 e. The summed E-state index contributed by atoms with van der Waals surface area (Å²) >= 11 is 0. The van der Waals surface area contributed by atoms with Gasteiger partial charge in [-0.05, 0) is 6.08 Å². The van der Waals surface area contributed by atoms with E-state index in [1.54, 1.807) is 18.6 Å². The zero-order chi connectivity index (χ0) is 12.4. The lowest BCUT2D eigenvalue weighted by Crippen LogP contribution is -2.21. The first kappa shape index (κ1) is 11.4. The Labute approximate surface area is 97.8 Å². The van der Waals surface area contributed by atoms with E-state index in [-0.39, 0.29) is 0 Å². The third-order valence-corrected chi connectivity index (χ3v) is 2.31. The van der Waals surface area contributed by atoms with E-state index in [0.717, 1.165) is 0 Å². The summed E-state index contributed by atoms with van der Waals surface area (Å²) in [6.45, 7) is 3.15. The Kier molecular flexibility index (Phi) is 2.95. The number of aromatic nitrogens is 2. The second-order valence-electron chi connectivity index (χ2n) is 3.66. The van der Waals surface area contributed by atoms with Gasteiger partial charge in [0.1, 0.15) is 0 Å². The predicted octanol–water partition coefficient (Wildman–Crippen LogP) is 0.948. The van der Waals surface area contributed by atoms with Crippen LogP contribution in [0.4, 0.5) is 0 Å². The van der Waals surface area contributed by atoms with Gasteiger partial charge in [0.05, 0.1) is 18.2 Å². The second kappa shape index (κ2) is 4.40. The first-order valence-corrected chi connectivity index (χ1v) is 5.13. The van der Waals surface area contributed by atoms with E-state index in [1.807, 2.05) is 4.57 Å². The molecule has 2 rings (SSSR count). The van der Waals surface area contributed by atoms with E-state index in [2.05, 4.69) is 4.98 Å². The third-order valence-electron chi connectivity index (χ3n) is 2.31. The van der Waals surface area contributed by atoms with Gasteiger partial charge < -0.3 is 14.0 Å². The highest BCUT2D eigenvalue weighted by Gasteiger charge is 2.29. The summed E-state index contributed by atoms with van der Waals surface area (Å²) < 4.78 is 12.0. The van der Waals surface area contributed by atoms with Crippen molar-refractivity contribution in [3.8, 4) is 0 Å². The van der Waals surface area contributed by atoms with Crippen molar-refractivity contribution in [3.05, 3.63) is 30.1 Å². The normalized spacial score (nSPS) is 18.0. The van der Waals surface area contributed by atoms with Crippen LogP contribution in [0.3, 0.4) is 0 Å². The van der Waals surface area contributed by atoms with Crippen LogP contribution in [0, 0.1) is 0 Å². The van der Waals surface area contributed by atoms with Crippen LogP contribution in [-0.4, -0.2) is 21.5 Å². The summed E-state index contributed by atoms with van der Waals surface area (Å²) in [6, 6.07) is 0. The zero-order valence-electron chi connectivity index (χ0n) is 9.54. The fourth-order valence-corrected chi connectivity index (χ4v) is 1.69. The molecule has 90 valence electrons. The van der Waals surface area contributed by atoms with Crippen molar-refractivity contribution < 1.29 is 19.1 Å². The van der Waals surface area contributed by atoms with Gasteiger partial charge >= 0.3 is 11.9 Å². The number of allylic oxidation sites excluding steroid dienone is 1. The standard InChI is InChI=1S/C11H12N2O4/c1-7(14)16-10-3-4-13-6-12-5-9(13)11(10)17-8(2)15/h3,5-6,11H,4H2,1-2H3. The van der Waals surface area contributed by atoms with E-state index in [0.29, 0.717) is 18.0 Å². The largest absolute Gasteiger partial charge is 0.448 e. The van der Waals surface area contributed by atoms with Gasteiger partial charge in [-0.3, -0.25) is 9.59 Å². The Morgan fingerprint density at radius 2 is 2.18 bits per heavy atom. The molecule has 6 heteroatoms. The highest BCUT2D eigenvalue weighted by atomic mass is 16.6. The van der Waals surface area contributed by atoms with Crippen molar-refractivity contribution in [1.29, 1.82) is 0 Å². The molecule has 1 unspecified atom stereocenters. The lowest BCUT2D eigenvalue weighted by Gasteiger charge is -2.24. The van der Waals surface area contributed by atoms with E-state index < -0.39 is 18.0 Å². The molecule has 6 nitrogen and oxygen atoms in total. The van der Waals surface area contributed by atoms with Crippen LogP contribution < -0.4 is 0 Å². The summed E-state index contributed by atoms with van der Waals surface area (Å²) in [4.78, 5) is 26.0. The summed E-state index contributed by atoms with van der Waals surface area (Å²) in [6.07, 6.45) is 4.22. The number of ether oxygens (including phenoxy) is 2. The summed E-state index contributed by atoms with van der Waals surface area (Å²) in [5, 5.41) is 0. The fourth-order valence-electron chi connectivity index (χ4n) is 1.69. The number of hydrogen-bond donors (Lipinski definition) is 0. The Bertz CT molecular complexity index is 489. The molecular weight excluding hydrogens is 224 g/mol. The molecule has 1 aromatic heterocycles. The van der Waals surface area contributed by atoms with Gasteiger partial charge in [0.15, 0.2) is 5.76 Å². The molecule has 0 radical (unpaired) electrons. The van der Waals surface area contributed by atoms with Crippen molar-refractivity contribution in [1.82, 2.24) is 9.55 Å². The number of carbonyl (C=O) groups is 2. The van der Waals surface area contributed by atoms with Crippen LogP contribution in [0.1, 0.15) is 25.6 Å². The number of imidazole rings is 1. The van der Waals surface area contributed by atoms with Gasteiger partial charge in [-0.15, -0.1) is 0 Å². The molecule has 2 heterocycles. The van der Waals surface area contributed by atoms with E-state index in [4.69, 9.17) is 9.47 Å². The van der Waals surface area contributed by atoms with Crippen LogP contribution in [0.25, 0.3) is 0 Å². The average molecular weight is 236 g/mol. The molecule has 1 aromatic rings. The number of nitrogens with zero attached hydrogens (tertiary/aromatic N) is 2. The van der Waals surface area contributed by atoms with E-state index >= 15 is 0 Å². The minimum absolute atomic E-state index is 0.334. The lowest BCUT2D eigenvalue weighted by molar-refractivity contribution is -0.151. The molecule has 1 aliphatic heterocycles. The molecule has 1 aliphatic rings. The molecule has 0 N–H and O–H groups in total. The maximum absolute atomic E-state index is 11.1. The Hall–Kier alpha value is -2.11. The van der Waals surface area contributed by atoms with Crippen molar-refractivity contribution in [3.63, 3.8) is 0 Å². The van der Waals surface area contributed by atoms with Crippen LogP contribution in [0.5, 0.6) is 0 Å². The van der Waals surface area contributed by atoms with Gasteiger partial charge in [0.25, 0.3) is 0 Å². The summed E-state index contributed by atoms with van der Waals surface area (Å²) in [5.41, 5.74) is 0.693. The quantitative estimate of drug-likeness (QED) is 0.715. The van der Waals surface area contributed by atoms with Crippen LogP contribution in [0.15, 0.2) is 24.4 Å². The molecule has 0 amide bonds. The Morgan fingerprint density at radius 1 is 1.41 bits per heavy atom. The van der Waals surface area contributed by atoms with E-state index in [9.17, 15) is 9.59 Å². The molecule has 0 fully saturated rings. The topological polar surface area (TPSA) is 70.4 Å². The summed E-state index contributed by atoms with van der Waals surface area (Å²) in [7, 11) is 0. The molecule has 0 saturated heterocycles. The molecular formula is C11H12N2O4. The average Bonchev–Trinajstić information content (AvgIpc) is 2.68. The fraction of sp³-hybridized carbons (Fsp3) is 0.364. The molecule has 0 aromatic carbocycles. The molecule has 17 heavy (non-hydrogen) atoms. The summed E-state index contributed by atoms with van der Waals surface area (Å²) in [5.74, 6) is -0.551. The van der Waals surface area contributed by atoms with Crippen LogP contribution >= 0.6 is 0 Å². The zero-order valence-corrected chi connectivity index (χ0v) is 9.54. The number of rotatable bonds is 2. The minimum atomic E-state index is -0.701. The van der Waals surface area contributed by atoms with Crippen molar-refractivity contribution >= 4 is 11.9 Å². The molecule has 0 spiro atoms. The van der Waals surface area contributed by atoms with Crippen LogP contribution in [0.2, 0.25) is 0 Å². The second-order valence-corrected chi connectivity index (χ2v) is 3.66. The van der Waals surface area contributed by atoms with Crippen molar-refractivity contribution in [2.45, 2.75) is 26.5 Å². The van der Waals surface area contributed by atoms with Gasteiger partial charge in [-0.25, -0.2) is 4.98 Å². The van der Waals surface area contributed by atoms with Crippen molar-refractivity contribution in [2.24, 2.45) is 0 Å². The molecule has 0 saturated carbocycles. The SMILES string of the molecule is CC(=O)OC1=CCn2cncc2C1OC(C)=O. The molecule has 0 bridgehead atoms. The third kappa shape index (κ3) is 2.35. The number of esters is 2. The predicted molar refractivity (Wildman–Crippen MR) is 56.6 cm³/mol. The van der Waals surface area contributed by atoms with Crippen molar-refractivity contribution in [2.75, 3.05) is 0 Å². The van der Waals surface area contributed by atoms with Gasteiger partial charge in [0.2, 0.25) is 6.10 Å².